The quantitative estimate of drug-likeness (QED) is 0.942. The molecular weight excluding hydrogens is 296 g/mol. The summed E-state index contributed by atoms with van der Waals surface area (Å²) in [7, 11) is 0. The molecular formula is C16H18N4OS. The van der Waals surface area contributed by atoms with E-state index in [-0.39, 0.29) is 11.2 Å². The van der Waals surface area contributed by atoms with E-state index in [4.69, 9.17) is 0 Å². The number of amides is 1. The molecule has 1 unspecified atom stereocenters. The second-order valence-electron chi connectivity index (χ2n) is 5.43. The molecule has 114 valence electrons. The number of aryl methyl sites for hydroxylation is 1. The van der Waals surface area contributed by atoms with Crippen molar-refractivity contribution in [2.24, 2.45) is 0 Å². The maximum atomic E-state index is 12.2. The first-order valence-corrected chi connectivity index (χ1v) is 8.12. The fraction of sp³-hybridized carbons (Fsp3) is 0.312. The number of pyridine rings is 1. The zero-order chi connectivity index (χ0) is 15.5. The number of allylic oxidation sites excluding steroid dienone is 1. The molecule has 0 aliphatic carbocycles. The van der Waals surface area contributed by atoms with Gasteiger partial charge in [0, 0.05) is 18.0 Å². The lowest BCUT2D eigenvalue weighted by atomic mass is 10.2. The highest BCUT2D eigenvalue weighted by atomic mass is 32.2. The number of thioether (sulfide) groups is 1. The summed E-state index contributed by atoms with van der Waals surface area (Å²) in [5, 5.41) is 9.37. The lowest BCUT2D eigenvalue weighted by molar-refractivity contribution is -0.115. The molecule has 2 aromatic heterocycles. The Hall–Kier alpha value is -2.08. The van der Waals surface area contributed by atoms with Crippen molar-refractivity contribution in [1.29, 1.82) is 0 Å². The third-order valence-corrected chi connectivity index (χ3v) is 4.75. The Balaban J connectivity index is 1.66. The molecule has 0 aromatic carbocycles. The van der Waals surface area contributed by atoms with E-state index in [0.717, 1.165) is 17.8 Å². The monoisotopic (exact) mass is 314 g/mol. The van der Waals surface area contributed by atoms with Crippen LogP contribution < -0.4 is 5.32 Å². The standard InChI is InChI=1S/C16H18N4OS/c1-11-7-14(22-10-11)16(21)18-15-8-12(2)20(19-15)9-13-5-3-4-6-17-13/h3-6,8,10,14H,7,9H2,1-2H3,(H,18,19,21). The Morgan fingerprint density at radius 1 is 1.45 bits per heavy atom. The van der Waals surface area contributed by atoms with Crippen molar-refractivity contribution in [1.82, 2.24) is 14.8 Å². The first kappa shape index (κ1) is 14.8. The van der Waals surface area contributed by atoms with Crippen LogP contribution >= 0.6 is 11.8 Å². The van der Waals surface area contributed by atoms with Crippen molar-refractivity contribution in [3.63, 3.8) is 0 Å². The number of nitrogens with one attached hydrogen (secondary N) is 1. The number of carbonyl (C=O) groups is 1. The molecule has 1 amide bonds. The van der Waals surface area contributed by atoms with Crippen molar-refractivity contribution in [2.75, 3.05) is 5.32 Å². The molecule has 3 rings (SSSR count). The Morgan fingerprint density at radius 2 is 2.32 bits per heavy atom. The average molecular weight is 314 g/mol. The highest BCUT2D eigenvalue weighted by Crippen LogP contribution is 2.30. The van der Waals surface area contributed by atoms with Gasteiger partial charge in [-0.3, -0.25) is 14.5 Å². The molecule has 1 N–H and O–H groups in total. The van der Waals surface area contributed by atoms with Crippen molar-refractivity contribution < 1.29 is 4.79 Å². The van der Waals surface area contributed by atoms with Crippen molar-refractivity contribution in [2.45, 2.75) is 32.1 Å². The van der Waals surface area contributed by atoms with Gasteiger partial charge in [0.2, 0.25) is 5.91 Å². The van der Waals surface area contributed by atoms with Gasteiger partial charge in [0.1, 0.15) is 0 Å². The van der Waals surface area contributed by atoms with Crippen LogP contribution in [0.1, 0.15) is 24.7 Å². The van der Waals surface area contributed by atoms with Crippen LogP contribution in [0.5, 0.6) is 0 Å². The lowest BCUT2D eigenvalue weighted by Gasteiger charge is -2.08. The van der Waals surface area contributed by atoms with Gasteiger partial charge in [0.25, 0.3) is 0 Å². The summed E-state index contributed by atoms with van der Waals surface area (Å²) in [5.74, 6) is 0.615. The predicted octanol–water partition coefficient (Wildman–Crippen LogP) is 2.98. The SMILES string of the molecule is CC1=CSC(C(=O)Nc2cc(C)n(Cc3ccccn3)n2)C1. The minimum absolute atomic E-state index is 0.0144. The topological polar surface area (TPSA) is 59.8 Å². The van der Waals surface area contributed by atoms with Crippen LogP contribution in [0.4, 0.5) is 5.82 Å². The summed E-state index contributed by atoms with van der Waals surface area (Å²) < 4.78 is 1.85. The molecule has 1 atom stereocenters. The Bertz CT molecular complexity index is 708. The molecule has 0 spiro atoms. The molecule has 0 fully saturated rings. The second-order valence-corrected chi connectivity index (χ2v) is 6.51. The van der Waals surface area contributed by atoms with Crippen LogP contribution in [0.3, 0.4) is 0 Å². The number of anilines is 1. The van der Waals surface area contributed by atoms with Gasteiger partial charge >= 0.3 is 0 Å². The van der Waals surface area contributed by atoms with Crippen molar-refractivity contribution in [3.05, 3.63) is 52.8 Å². The number of hydrogen-bond acceptors (Lipinski definition) is 4. The minimum atomic E-state index is -0.0405. The zero-order valence-electron chi connectivity index (χ0n) is 12.6. The fourth-order valence-corrected chi connectivity index (χ4v) is 3.36. The molecule has 3 heterocycles. The molecule has 2 aromatic rings. The van der Waals surface area contributed by atoms with Gasteiger partial charge in [-0.15, -0.1) is 11.8 Å². The summed E-state index contributed by atoms with van der Waals surface area (Å²) in [4.78, 5) is 16.5. The summed E-state index contributed by atoms with van der Waals surface area (Å²) >= 11 is 1.57. The number of nitrogens with zero attached hydrogens (tertiary/aromatic N) is 3. The summed E-state index contributed by atoms with van der Waals surface area (Å²) in [6.07, 6.45) is 2.58. The van der Waals surface area contributed by atoms with Crippen LogP contribution in [-0.2, 0) is 11.3 Å². The zero-order valence-corrected chi connectivity index (χ0v) is 13.4. The maximum absolute atomic E-state index is 12.2. The Kier molecular flexibility index (Phi) is 4.29. The van der Waals surface area contributed by atoms with E-state index in [2.05, 4.69) is 20.8 Å². The number of rotatable bonds is 4. The van der Waals surface area contributed by atoms with E-state index < -0.39 is 0 Å². The molecule has 0 saturated carbocycles. The third-order valence-electron chi connectivity index (χ3n) is 3.50. The van der Waals surface area contributed by atoms with Gasteiger partial charge in [-0.1, -0.05) is 11.6 Å². The molecule has 5 nitrogen and oxygen atoms in total. The minimum Gasteiger partial charge on any atom is -0.308 e. The molecule has 22 heavy (non-hydrogen) atoms. The van der Waals surface area contributed by atoms with Gasteiger partial charge in [-0.2, -0.15) is 5.10 Å². The second kappa shape index (κ2) is 6.36. The molecule has 1 aliphatic rings. The highest BCUT2D eigenvalue weighted by Gasteiger charge is 2.23. The predicted molar refractivity (Wildman–Crippen MR) is 88.7 cm³/mol. The van der Waals surface area contributed by atoms with Gasteiger partial charge in [0.15, 0.2) is 5.82 Å². The van der Waals surface area contributed by atoms with E-state index in [9.17, 15) is 4.79 Å². The smallest absolute Gasteiger partial charge is 0.239 e. The maximum Gasteiger partial charge on any atom is 0.239 e. The van der Waals surface area contributed by atoms with Crippen LogP contribution in [0.2, 0.25) is 0 Å². The molecule has 0 radical (unpaired) electrons. The fourth-order valence-electron chi connectivity index (χ4n) is 2.32. The van der Waals surface area contributed by atoms with E-state index >= 15 is 0 Å². The van der Waals surface area contributed by atoms with Gasteiger partial charge in [-0.05, 0) is 37.8 Å². The van der Waals surface area contributed by atoms with E-state index in [1.165, 1.54) is 5.57 Å². The van der Waals surface area contributed by atoms with Gasteiger partial charge < -0.3 is 5.32 Å². The van der Waals surface area contributed by atoms with Gasteiger partial charge in [-0.25, -0.2) is 0 Å². The molecule has 1 aliphatic heterocycles. The van der Waals surface area contributed by atoms with E-state index in [1.54, 1.807) is 18.0 Å². The van der Waals surface area contributed by atoms with Crippen molar-refractivity contribution >= 4 is 23.5 Å². The number of hydrogen-bond donors (Lipinski definition) is 1. The largest absolute Gasteiger partial charge is 0.308 e. The first-order chi connectivity index (χ1) is 10.6. The van der Waals surface area contributed by atoms with Crippen LogP contribution in [0, 0.1) is 6.92 Å². The first-order valence-electron chi connectivity index (χ1n) is 7.18. The van der Waals surface area contributed by atoms with E-state index in [1.807, 2.05) is 42.8 Å². The van der Waals surface area contributed by atoms with Crippen LogP contribution in [0.15, 0.2) is 41.4 Å². The lowest BCUT2D eigenvalue weighted by Crippen LogP contribution is -2.23. The molecule has 0 bridgehead atoms. The number of aromatic nitrogens is 3. The van der Waals surface area contributed by atoms with Crippen LogP contribution in [-0.4, -0.2) is 25.9 Å². The summed E-state index contributed by atoms with van der Waals surface area (Å²) in [6, 6.07) is 7.70. The summed E-state index contributed by atoms with van der Waals surface area (Å²) in [6.45, 7) is 4.62. The average Bonchev–Trinajstić information content (AvgIpc) is 3.07. The third kappa shape index (κ3) is 3.39. The van der Waals surface area contributed by atoms with Crippen molar-refractivity contribution in [3.8, 4) is 0 Å². The normalized spacial score (nSPS) is 17.4. The van der Waals surface area contributed by atoms with E-state index in [0.29, 0.717) is 12.4 Å². The van der Waals surface area contributed by atoms with Crippen LogP contribution in [0.25, 0.3) is 0 Å². The Morgan fingerprint density at radius 3 is 3.00 bits per heavy atom. The summed E-state index contributed by atoms with van der Waals surface area (Å²) in [5.41, 5.74) is 3.19. The number of carbonyl (C=O) groups excluding carboxylic acids is 1. The molecule has 6 heteroatoms. The molecule has 0 saturated heterocycles. The highest BCUT2D eigenvalue weighted by molar-refractivity contribution is 8.03. The Labute approximate surface area is 133 Å². The van der Waals surface area contributed by atoms with Gasteiger partial charge in [0.05, 0.1) is 17.5 Å².